The number of nitrogens with zero attached hydrogens (tertiary/aromatic N) is 2. The van der Waals surface area contributed by atoms with Gasteiger partial charge < -0.3 is 10.3 Å². The summed E-state index contributed by atoms with van der Waals surface area (Å²) in [6.07, 6.45) is 0. The van der Waals surface area contributed by atoms with Crippen LogP contribution in [-0.4, -0.2) is 16.0 Å². The fourth-order valence-corrected chi connectivity index (χ4v) is 1.56. The highest BCUT2D eigenvalue weighted by Gasteiger charge is 2.17. The molecule has 2 rings (SSSR count). The first-order chi connectivity index (χ1) is 7.59. The lowest BCUT2D eigenvalue weighted by atomic mass is 10.0. The van der Waals surface area contributed by atoms with Crippen LogP contribution >= 0.6 is 0 Å². The van der Waals surface area contributed by atoms with Gasteiger partial charge in [0.2, 0.25) is 5.91 Å². The molecule has 1 amide bonds. The lowest BCUT2D eigenvalue weighted by Crippen LogP contribution is -2.13. The molecule has 0 fully saturated rings. The van der Waals surface area contributed by atoms with Crippen LogP contribution < -0.4 is 5.73 Å². The first kappa shape index (κ1) is 10.4. The Morgan fingerprint density at radius 1 is 1.38 bits per heavy atom. The third-order valence-electron chi connectivity index (χ3n) is 2.28. The minimum absolute atomic E-state index is 0.324. The van der Waals surface area contributed by atoms with Crippen LogP contribution in [-0.2, 0) is 0 Å². The zero-order valence-electron chi connectivity index (χ0n) is 9.02. The Labute approximate surface area is 92.3 Å². The standard InChI is InChI=1S/C11H11N3O2/c1-6-4-3-5-8(10(12)15)9(6)11-13-7(2)14-16-11/h3-5H,1-2H3,(H2,12,15). The van der Waals surface area contributed by atoms with Gasteiger partial charge in [-0.1, -0.05) is 17.3 Å². The Morgan fingerprint density at radius 2 is 2.12 bits per heavy atom. The molecule has 0 saturated carbocycles. The second-order valence-corrected chi connectivity index (χ2v) is 3.51. The number of hydrogen-bond donors (Lipinski definition) is 1. The normalized spacial score (nSPS) is 10.4. The number of aryl methyl sites for hydroxylation is 2. The average molecular weight is 217 g/mol. The quantitative estimate of drug-likeness (QED) is 0.825. The smallest absolute Gasteiger partial charge is 0.258 e. The molecular weight excluding hydrogens is 206 g/mol. The second-order valence-electron chi connectivity index (χ2n) is 3.51. The van der Waals surface area contributed by atoms with Gasteiger partial charge in [-0.25, -0.2) is 0 Å². The van der Waals surface area contributed by atoms with Crippen LogP contribution in [0.5, 0.6) is 0 Å². The highest BCUT2D eigenvalue weighted by molar-refractivity contribution is 5.99. The topological polar surface area (TPSA) is 82.0 Å². The fourth-order valence-electron chi connectivity index (χ4n) is 1.56. The molecule has 5 nitrogen and oxygen atoms in total. The van der Waals surface area contributed by atoms with Crippen molar-refractivity contribution in [3.05, 3.63) is 35.2 Å². The minimum atomic E-state index is -0.505. The summed E-state index contributed by atoms with van der Waals surface area (Å²) in [5.74, 6) is 0.340. The molecule has 0 radical (unpaired) electrons. The number of carbonyl (C=O) groups excluding carboxylic acids is 1. The molecule has 0 spiro atoms. The van der Waals surface area contributed by atoms with Gasteiger partial charge in [0, 0.05) is 0 Å². The molecule has 1 aromatic heterocycles. The van der Waals surface area contributed by atoms with E-state index in [0.29, 0.717) is 22.8 Å². The van der Waals surface area contributed by atoms with Crippen LogP contribution in [0.1, 0.15) is 21.7 Å². The van der Waals surface area contributed by atoms with Crippen molar-refractivity contribution in [2.24, 2.45) is 5.73 Å². The Morgan fingerprint density at radius 3 is 2.69 bits per heavy atom. The molecule has 82 valence electrons. The molecule has 2 N–H and O–H groups in total. The molecule has 1 heterocycles. The predicted octanol–water partition coefficient (Wildman–Crippen LogP) is 1.45. The van der Waals surface area contributed by atoms with E-state index in [1.165, 1.54) is 0 Å². The Balaban J connectivity index is 2.67. The number of primary amides is 1. The third-order valence-corrected chi connectivity index (χ3v) is 2.28. The average Bonchev–Trinajstić information content (AvgIpc) is 2.64. The lowest BCUT2D eigenvalue weighted by Gasteiger charge is -2.05. The molecule has 5 heteroatoms. The molecule has 16 heavy (non-hydrogen) atoms. The first-order valence-corrected chi connectivity index (χ1v) is 4.79. The van der Waals surface area contributed by atoms with E-state index in [2.05, 4.69) is 10.1 Å². The Hall–Kier alpha value is -2.17. The summed E-state index contributed by atoms with van der Waals surface area (Å²) in [5, 5.41) is 3.70. The largest absolute Gasteiger partial charge is 0.366 e. The van der Waals surface area contributed by atoms with Crippen LogP contribution in [0.4, 0.5) is 0 Å². The van der Waals surface area contributed by atoms with Gasteiger partial charge in [0.25, 0.3) is 5.89 Å². The molecule has 0 aliphatic rings. The van der Waals surface area contributed by atoms with Crippen molar-refractivity contribution in [1.82, 2.24) is 10.1 Å². The summed E-state index contributed by atoms with van der Waals surface area (Å²) in [6, 6.07) is 5.27. The Kier molecular flexibility index (Phi) is 2.44. The van der Waals surface area contributed by atoms with E-state index in [1.54, 1.807) is 19.1 Å². The van der Waals surface area contributed by atoms with Crippen molar-refractivity contribution in [2.75, 3.05) is 0 Å². The van der Waals surface area contributed by atoms with Crippen LogP contribution in [0.15, 0.2) is 22.7 Å². The number of rotatable bonds is 2. The molecule has 0 aliphatic carbocycles. The highest BCUT2D eigenvalue weighted by atomic mass is 16.5. The van der Waals surface area contributed by atoms with Gasteiger partial charge in [-0.05, 0) is 25.5 Å². The number of hydrogen-bond acceptors (Lipinski definition) is 4. The van der Waals surface area contributed by atoms with E-state index >= 15 is 0 Å². The monoisotopic (exact) mass is 217 g/mol. The molecule has 1 aromatic carbocycles. The Bertz CT molecular complexity index is 546. The summed E-state index contributed by atoms with van der Waals surface area (Å²) in [4.78, 5) is 15.4. The van der Waals surface area contributed by atoms with Crippen molar-refractivity contribution in [1.29, 1.82) is 0 Å². The van der Waals surface area contributed by atoms with Crippen molar-refractivity contribution in [3.63, 3.8) is 0 Å². The van der Waals surface area contributed by atoms with Crippen molar-refractivity contribution < 1.29 is 9.32 Å². The SMILES string of the molecule is Cc1noc(-c2c(C)cccc2C(N)=O)n1. The van der Waals surface area contributed by atoms with Crippen LogP contribution in [0.25, 0.3) is 11.5 Å². The molecule has 0 aliphatic heterocycles. The lowest BCUT2D eigenvalue weighted by molar-refractivity contribution is 0.100. The van der Waals surface area contributed by atoms with Gasteiger partial charge in [-0.2, -0.15) is 4.98 Å². The van der Waals surface area contributed by atoms with Crippen LogP contribution in [0.2, 0.25) is 0 Å². The maximum atomic E-state index is 11.3. The van der Waals surface area contributed by atoms with Gasteiger partial charge in [0.15, 0.2) is 5.82 Å². The highest BCUT2D eigenvalue weighted by Crippen LogP contribution is 2.25. The summed E-state index contributed by atoms with van der Waals surface area (Å²) in [7, 11) is 0. The summed E-state index contributed by atoms with van der Waals surface area (Å²) < 4.78 is 5.05. The fraction of sp³-hybridized carbons (Fsp3) is 0.182. The van der Waals surface area contributed by atoms with Gasteiger partial charge in [0.1, 0.15) is 0 Å². The molecule has 0 atom stereocenters. The van der Waals surface area contributed by atoms with Gasteiger partial charge in [0.05, 0.1) is 11.1 Å². The van der Waals surface area contributed by atoms with Crippen molar-refractivity contribution in [2.45, 2.75) is 13.8 Å². The number of nitrogens with two attached hydrogens (primary N) is 1. The summed E-state index contributed by atoms with van der Waals surface area (Å²) in [6.45, 7) is 3.58. The van der Waals surface area contributed by atoms with E-state index in [9.17, 15) is 4.79 Å². The third kappa shape index (κ3) is 1.67. The van der Waals surface area contributed by atoms with E-state index in [1.807, 2.05) is 13.0 Å². The van der Waals surface area contributed by atoms with Crippen molar-refractivity contribution in [3.8, 4) is 11.5 Å². The number of carbonyl (C=O) groups is 1. The van der Waals surface area contributed by atoms with Gasteiger partial charge >= 0.3 is 0 Å². The molecule has 0 bridgehead atoms. The van der Waals surface area contributed by atoms with E-state index < -0.39 is 5.91 Å². The minimum Gasteiger partial charge on any atom is -0.366 e. The molecule has 0 unspecified atom stereocenters. The number of aromatic nitrogens is 2. The van der Waals surface area contributed by atoms with E-state index in [4.69, 9.17) is 10.3 Å². The number of amides is 1. The summed E-state index contributed by atoms with van der Waals surface area (Å²) in [5.41, 5.74) is 7.17. The molecular formula is C11H11N3O2. The van der Waals surface area contributed by atoms with E-state index in [-0.39, 0.29) is 0 Å². The summed E-state index contributed by atoms with van der Waals surface area (Å²) >= 11 is 0. The molecule has 2 aromatic rings. The van der Waals surface area contributed by atoms with Gasteiger partial charge in [-0.15, -0.1) is 0 Å². The zero-order valence-corrected chi connectivity index (χ0v) is 9.02. The number of benzene rings is 1. The van der Waals surface area contributed by atoms with Crippen LogP contribution in [0, 0.1) is 13.8 Å². The maximum Gasteiger partial charge on any atom is 0.258 e. The maximum absolute atomic E-state index is 11.3. The first-order valence-electron chi connectivity index (χ1n) is 4.79. The van der Waals surface area contributed by atoms with Gasteiger partial charge in [-0.3, -0.25) is 4.79 Å². The molecule has 0 saturated heterocycles. The van der Waals surface area contributed by atoms with Crippen molar-refractivity contribution >= 4 is 5.91 Å². The zero-order chi connectivity index (χ0) is 11.7. The van der Waals surface area contributed by atoms with E-state index in [0.717, 1.165) is 5.56 Å². The van der Waals surface area contributed by atoms with Crippen LogP contribution in [0.3, 0.4) is 0 Å². The predicted molar refractivity (Wildman–Crippen MR) is 57.7 cm³/mol. The second kappa shape index (κ2) is 3.77.